The summed E-state index contributed by atoms with van der Waals surface area (Å²) >= 11 is 1.15. The molecule has 1 N–H and O–H groups in total. The quantitative estimate of drug-likeness (QED) is 0.907. The number of sulfone groups is 1. The van der Waals surface area contributed by atoms with E-state index in [0.29, 0.717) is 5.76 Å². The zero-order valence-electron chi connectivity index (χ0n) is 12.7. The Bertz CT molecular complexity index is 710. The minimum atomic E-state index is -3.61. The van der Waals surface area contributed by atoms with E-state index in [0.717, 1.165) is 11.3 Å². The molecule has 0 saturated carbocycles. The first-order valence-corrected chi connectivity index (χ1v) is 9.24. The summed E-state index contributed by atoms with van der Waals surface area (Å²) in [5.74, 6) is 0.119. The van der Waals surface area contributed by atoms with Gasteiger partial charge < -0.3 is 9.73 Å². The Hall–Kier alpha value is -1.60. The van der Waals surface area contributed by atoms with Crippen molar-refractivity contribution in [1.82, 2.24) is 5.32 Å². The predicted octanol–water partition coefficient (Wildman–Crippen LogP) is 3.02. The van der Waals surface area contributed by atoms with Crippen molar-refractivity contribution in [2.24, 2.45) is 5.41 Å². The zero-order chi connectivity index (χ0) is 16.4. The third-order valence-electron chi connectivity index (χ3n) is 3.14. The number of amides is 1. The zero-order valence-corrected chi connectivity index (χ0v) is 14.3. The van der Waals surface area contributed by atoms with Crippen molar-refractivity contribution in [1.29, 1.82) is 0 Å². The normalized spacial score (nSPS) is 13.8. The summed E-state index contributed by atoms with van der Waals surface area (Å²) in [5, 5.41) is 3.48. The van der Waals surface area contributed by atoms with Crippen LogP contribution in [0.3, 0.4) is 0 Å². The number of furan rings is 1. The molecule has 1 atom stereocenters. The van der Waals surface area contributed by atoms with E-state index in [9.17, 15) is 13.2 Å². The van der Waals surface area contributed by atoms with Crippen LogP contribution in [0.15, 0.2) is 44.5 Å². The average Bonchev–Trinajstić information content (AvgIpc) is 3.11. The molecule has 7 heteroatoms. The van der Waals surface area contributed by atoms with Gasteiger partial charge in [-0.25, -0.2) is 8.42 Å². The maximum atomic E-state index is 12.8. The van der Waals surface area contributed by atoms with E-state index in [1.807, 2.05) is 0 Å². The lowest BCUT2D eigenvalue weighted by Gasteiger charge is -2.21. The molecule has 2 aromatic heterocycles. The number of rotatable bonds is 5. The lowest BCUT2D eigenvalue weighted by molar-refractivity contribution is -0.128. The molecule has 0 radical (unpaired) electrons. The molecule has 0 aliphatic heterocycles. The minimum Gasteiger partial charge on any atom is -0.468 e. The van der Waals surface area contributed by atoms with E-state index in [4.69, 9.17) is 4.42 Å². The van der Waals surface area contributed by atoms with Gasteiger partial charge in [0.2, 0.25) is 5.91 Å². The van der Waals surface area contributed by atoms with Gasteiger partial charge in [0.25, 0.3) is 0 Å². The Kier molecular flexibility index (Phi) is 4.77. The van der Waals surface area contributed by atoms with Gasteiger partial charge in [0.15, 0.2) is 9.84 Å². The number of nitrogens with one attached hydrogen (secondary N) is 1. The van der Waals surface area contributed by atoms with Gasteiger partial charge in [0, 0.05) is 12.0 Å². The Balaban J connectivity index is 2.28. The second kappa shape index (κ2) is 6.26. The van der Waals surface area contributed by atoms with E-state index < -0.39 is 20.5 Å². The number of carbonyl (C=O) groups excluding carboxylic acids is 1. The summed E-state index contributed by atoms with van der Waals surface area (Å²) < 4.78 is 31.0. The van der Waals surface area contributed by atoms with E-state index >= 15 is 0 Å². The van der Waals surface area contributed by atoms with Gasteiger partial charge >= 0.3 is 0 Å². The molecule has 1 unspecified atom stereocenters. The highest BCUT2D eigenvalue weighted by atomic mass is 32.2. The monoisotopic (exact) mass is 341 g/mol. The van der Waals surface area contributed by atoms with Crippen LogP contribution < -0.4 is 5.32 Å². The molecule has 2 rings (SSSR count). The van der Waals surface area contributed by atoms with Gasteiger partial charge in [-0.3, -0.25) is 4.79 Å². The molecular weight excluding hydrogens is 322 g/mol. The molecular formula is C15H19NO4S2. The van der Waals surface area contributed by atoms with Crippen LogP contribution in [-0.2, 0) is 14.6 Å². The van der Waals surface area contributed by atoms with Crippen LogP contribution in [-0.4, -0.2) is 20.9 Å². The molecule has 2 heterocycles. The van der Waals surface area contributed by atoms with Crippen molar-refractivity contribution in [3.8, 4) is 0 Å². The summed E-state index contributed by atoms with van der Waals surface area (Å²) in [6, 6.07) is 6.49. The fourth-order valence-electron chi connectivity index (χ4n) is 1.85. The van der Waals surface area contributed by atoms with Crippen LogP contribution >= 0.6 is 11.3 Å². The molecule has 0 aromatic carbocycles. The Labute approximate surface area is 134 Å². The van der Waals surface area contributed by atoms with Gasteiger partial charge in [-0.1, -0.05) is 26.8 Å². The summed E-state index contributed by atoms with van der Waals surface area (Å²) in [4.78, 5) is 12.0. The molecule has 2 aromatic rings. The van der Waals surface area contributed by atoms with E-state index in [2.05, 4.69) is 5.32 Å². The fraction of sp³-hybridized carbons (Fsp3) is 0.400. The fourth-order valence-corrected chi connectivity index (χ4v) is 4.65. The number of hydrogen-bond acceptors (Lipinski definition) is 5. The maximum absolute atomic E-state index is 12.8. The largest absolute Gasteiger partial charge is 0.468 e. The van der Waals surface area contributed by atoms with Crippen LogP contribution in [0, 0.1) is 5.41 Å². The van der Waals surface area contributed by atoms with E-state index in [1.54, 1.807) is 50.4 Å². The molecule has 0 saturated heterocycles. The molecule has 22 heavy (non-hydrogen) atoms. The number of hydrogen-bond donors (Lipinski definition) is 1. The third-order valence-corrected chi connectivity index (χ3v) is 6.63. The van der Waals surface area contributed by atoms with Crippen molar-refractivity contribution >= 4 is 27.1 Å². The first-order chi connectivity index (χ1) is 10.2. The lowest BCUT2D eigenvalue weighted by atomic mass is 9.96. The van der Waals surface area contributed by atoms with Crippen LogP contribution in [0.5, 0.6) is 0 Å². The highest BCUT2D eigenvalue weighted by Crippen LogP contribution is 2.31. The van der Waals surface area contributed by atoms with E-state index in [1.165, 1.54) is 6.26 Å². The van der Waals surface area contributed by atoms with Crippen molar-refractivity contribution in [2.75, 3.05) is 6.54 Å². The topological polar surface area (TPSA) is 76.4 Å². The third kappa shape index (κ3) is 3.59. The number of thiophene rings is 1. The van der Waals surface area contributed by atoms with Crippen molar-refractivity contribution < 1.29 is 17.6 Å². The van der Waals surface area contributed by atoms with Gasteiger partial charge in [-0.2, -0.15) is 0 Å². The second-order valence-electron chi connectivity index (χ2n) is 5.94. The Morgan fingerprint density at radius 1 is 1.32 bits per heavy atom. The number of carbonyl (C=O) groups is 1. The minimum absolute atomic E-state index is 0.0240. The molecule has 0 aliphatic rings. The SMILES string of the molecule is CC(C)(C)C(=O)NCC(c1ccco1)S(=O)(=O)c1cccs1. The molecule has 0 spiro atoms. The molecule has 5 nitrogen and oxygen atoms in total. The first kappa shape index (κ1) is 16.8. The highest BCUT2D eigenvalue weighted by Gasteiger charge is 2.33. The molecule has 1 amide bonds. The van der Waals surface area contributed by atoms with Gasteiger partial charge in [0.05, 0.1) is 6.26 Å². The van der Waals surface area contributed by atoms with Crippen LogP contribution in [0.1, 0.15) is 31.8 Å². The van der Waals surface area contributed by atoms with Crippen LogP contribution in [0.25, 0.3) is 0 Å². The standard InChI is InChI=1S/C15H19NO4S2/c1-15(2,3)14(17)16-10-12(11-6-4-8-20-11)22(18,19)13-7-5-9-21-13/h4-9,12H,10H2,1-3H3,(H,16,17). The lowest BCUT2D eigenvalue weighted by Crippen LogP contribution is -2.38. The summed E-state index contributed by atoms with van der Waals surface area (Å²) in [7, 11) is -3.61. The smallest absolute Gasteiger partial charge is 0.225 e. The Morgan fingerprint density at radius 2 is 2.05 bits per heavy atom. The molecule has 120 valence electrons. The van der Waals surface area contributed by atoms with Crippen molar-refractivity contribution in [2.45, 2.75) is 30.2 Å². The maximum Gasteiger partial charge on any atom is 0.225 e. The van der Waals surface area contributed by atoms with Crippen molar-refractivity contribution in [3.63, 3.8) is 0 Å². The van der Waals surface area contributed by atoms with Crippen LogP contribution in [0.4, 0.5) is 0 Å². The summed E-state index contributed by atoms with van der Waals surface area (Å²) in [6.07, 6.45) is 1.43. The molecule has 0 fully saturated rings. The predicted molar refractivity (Wildman–Crippen MR) is 85.4 cm³/mol. The first-order valence-electron chi connectivity index (χ1n) is 6.82. The van der Waals surface area contributed by atoms with Gasteiger partial charge in [-0.05, 0) is 23.6 Å². The average molecular weight is 341 g/mol. The van der Waals surface area contributed by atoms with Crippen LogP contribution in [0.2, 0.25) is 0 Å². The van der Waals surface area contributed by atoms with Gasteiger partial charge in [-0.15, -0.1) is 11.3 Å². The summed E-state index contributed by atoms with van der Waals surface area (Å²) in [6.45, 7) is 5.30. The highest BCUT2D eigenvalue weighted by molar-refractivity contribution is 7.93. The molecule has 0 bridgehead atoms. The van der Waals surface area contributed by atoms with E-state index in [-0.39, 0.29) is 16.7 Å². The Morgan fingerprint density at radius 3 is 2.55 bits per heavy atom. The van der Waals surface area contributed by atoms with Crippen molar-refractivity contribution in [3.05, 3.63) is 41.7 Å². The summed E-state index contributed by atoms with van der Waals surface area (Å²) in [5.41, 5.74) is -0.583. The molecule has 0 aliphatic carbocycles. The van der Waals surface area contributed by atoms with Gasteiger partial charge in [0.1, 0.15) is 15.2 Å². The second-order valence-corrected chi connectivity index (χ2v) is 9.25.